The van der Waals surface area contributed by atoms with Crippen LogP contribution in [0.2, 0.25) is 0 Å². The average Bonchev–Trinajstić information content (AvgIpc) is 2.11. The number of carbonyl (C=O) groups excluding carboxylic acids is 1. The van der Waals surface area contributed by atoms with E-state index in [4.69, 9.17) is 0 Å². The standard InChI is InChI=1S/C12H24INO/c1-10(12(2,3)4)9-11(15)14-8-6-5-7-13/h10H,5-9H2,1-4H3,(H,14,15). The molecule has 0 aromatic carbocycles. The molecule has 2 nitrogen and oxygen atoms in total. The SMILES string of the molecule is CC(CC(=O)NCCCCI)C(C)(C)C. The molecule has 15 heavy (non-hydrogen) atoms. The summed E-state index contributed by atoms with van der Waals surface area (Å²) in [7, 11) is 0. The number of amides is 1. The number of rotatable bonds is 6. The average molecular weight is 325 g/mol. The molecule has 0 saturated heterocycles. The Morgan fingerprint density at radius 2 is 1.93 bits per heavy atom. The van der Waals surface area contributed by atoms with Gasteiger partial charge < -0.3 is 5.32 Å². The lowest BCUT2D eigenvalue weighted by Gasteiger charge is -2.26. The molecule has 0 rings (SSSR count). The molecule has 90 valence electrons. The Hall–Kier alpha value is 0.200. The summed E-state index contributed by atoms with van der Waals surface area (Å²) in [5, 5.41) is 2.98. The van der Waals surface area contributed by atoms with Crippen molar-refractivity contribution in [3.63, 3.8) is 0 Å². The second-order valence-electron chi connectivity index (χ2n) is 5.22. The van der Waals surface area contributed by atoms with Gasteiger partial charge in [-0.15, -0.1) is 0 Å². The van der Waals surface area contributed by atoms with E-state index in [0.29, 0.717) is 12.3 Å². The van der Waals surface area contributed by atoms with Gasteiger partial charge in [-0.2, -0.15) is 0 Å². The topological polar surface area (TPSA) is 29.1 Å². The molecule has 0 aromatic heterocycles. The van der Waals surface area contributed by atoms with Gasteiger partial charge in [0.2, 0.25) is 5.91 Å². The third-order valence-electron chi connectivity index (χ3n) is 2.85. The number of unbranched alkanes of at least 4 members (excludes halogenated alkanes) is 1. The van der Waals surface area contributed by atoms with Crippen molar-refractivity contribution in [1.29, 1.82) is 0 Å². The van der Waals surface area contributed by atoms with Crippen LogP contribution in [0.4, 0.5) is 0 Å². The predicted octanol–water partition coefficient (Wildman–Crippen LogP) is 3.39. The highest BCUT2D eigenvalue weighted by Crippen LogP contribution is 2.27. The fourth-order valence-corrected chi connectivity index (χ4v) is 1.64. The van der Waals surface area contributed by atoms with E-state index in [2.05, 4.69) is 55.6 Å². The molecule has 0 aliphatic heterocycles. The summed E-state index contributed by atoms with van der Waals surface area (Å²) < 4.78 is 1.17. The molecule has 1 unspecified atom stereocenters. The van der Waals surface area contributed by atoms with E-state index >= 15 is 0 Å². The van der Waals surface area contributed by atoms with Gasteiger partial charge in [-0.05, 0) is 28.6 Å². The van der Waals surface area contributed by atoms with Crippen molar-refractivity contribution in [3.05, 3.63) is 0 Å². The lowest BCUT2D eigenvalue weighted by molar-refractivity contribution is -0.122. The molecular formula is C12H24INO. The van der Waals surface area contributed by atoms with Gasteiger partial charge in [0.05, 0.1) is 0 Å². The first kappa shape index (κ1) is 15.2. The highest BCUT2D eigenvalue weighted by atomic mass is 127. The molecule has 0 aliphatic rings. The highest BCUT2D eigenvalue weighted by Gasteiger charge is 2.22. The van der Waals surface area contributed by atoms with Crippen LogP contribution >= 0.6 is 22.6 Å². The van der Waals surface area contributed by atoms with E-state index in [-0.39, 0.29) is 11.3 Å². The van der Waals surface area contributed by atoms with Crippen LogP contribution < -0.4 is 5.32 Å². The van der Waals surface area contributed by atoms with Crippen molar-refractivity contribution in [2.24, 2.45) is 11.3 Å². The Labute approximate surface area is 108 Å². The van der Waals surface area contributed by atoms with Gasteiger partial charge in [-0.25, -0.2) is 0 Å². The van der Waals surface area contributed by atoms with E-state index in [1.165, 1.54) is 10.8 Å². The van der Waals surface area contributed by atoms with Crippen LogP contribution in [-0.2, 0) is 4.79 Å². The van der Waals surface area contributed by atoms with Gasteiger partial charge in [0.25, 0.3) is 0 Å². The van der Waals surface area contributed by atoms with E-state index in [1.807, 2.05) is 0 Å². The number of carbonyl (C=O) groups is 1. The van der Waals surface area contributed by atoms with Gasteiger partial charge in [-0.3, -0.25) is 4.79 Å². The lowest BCUT2D eigenvalue weighted by atomic mass is 9.80. The van der Waals surface area contributed by atoms with Crippen LogP contribution in [0, 0.1) is 11.3 Å². The molecule has 0 spiro atoms. The summed E-state index contributed by atoms with van der Waals surface area (Å²) in [6, 6.07) is 0. The van der Waals surface area contributed by atoms with E-state index in [9.17, 15) is 4.79 Å². The minimum Gasteiger partial charge on any atom is -0.356 e. The highest BCUT2D eigenvalue weighted by molar-refractivity contribution is 14.1. The summed E-state index contributed by atoms with van der Waals surface area (Å²) in [6.45, 7) is 9.52. The van der Waals surface area contributed by atoms with Crippen molar-refractivity contribution in [3.8, 4) is 0 Å². The quantitative estimate of drug-likeness (QED) is 0.453. The third-order valence-corrected chi connectivity index (χ3v) is 3.62. The predicted molar refractivity (Wildman–Crippen MR) is 74.4 cm³/mol. The summed E-state index contributed by atoms with van der Waals surface area (Å²) >= 11 is 2.36. The van der Waals surface area contributed by atoms with Crippen LogP contribution in [0.1, 0.15) is 47.0 Å². The molecule has 0 aliphatic carbocycles. The fraction of sp³-hybridized carbons (Fsp3) is 0.917. The smallest absolute Gasteiger partial charge is 0.220 e. The van der Waals surface area contributed by atoms with Gasteiger partial charge >= 0.3 is 0 Å². The van der Waals surface area contributed by atoms with Crippen LogP contribution in [0.25, 0.3) is 0 Å². The normalized spacial score (nSPS) is 13.7. The van der Waals surface area contributed by atoms with E-state index < -0.39 is 0 Å². The Kier molecular flexibility index (Phi) is 7.57. The van der Waals surface area contributed by atoms with Crippen LogP contribution in [0.5, 0.6) is 0 Å². The van der Waals surface area contributed by atoms with Crippen molar-refractivity contribution in [1.82, 2.24) is 5.32 Å². The minimum atomic E-state index is 0.200. The van der Waals surface area contributed by atoms with Crippen LogP contribution in [0.3, 0.4) is 0 Å². The zero-order valence-corrected chi connectivity index (χ0v) is 12.6. The zero-order chi connectivity index (χ0) is 11.9. The number of hydrogen-bond donors (Lipinski definition) is 1. The molecule has 0 saturated carbocycles. The molecule has 0 bridgehead atoms. The minimum absolute atomic E-state index is 0.200. The largest absolute Gasteiger partial charge is 0.356 e. The molecule has 0 fully saturated rings. The second-order valence-corrected chi connectivity index (χ2v) is 6.30. The van der Waals surface area contributed by atoms with Gasteiger partial charge in [0, 0.05) is 13.0 Å². The first-order chi connectivity index (χ1) is 6.88. The lowest BCUT2D eigenvalue weighted by Crippen LogP contribution is -2.29. The molecule has 1 atom stereocenters. The Balaban J connectivity index is 3.65. The Bertz CT molecular complexity index is 187. The number of nitrogens with one attached hydrogen (secondary N) is 1. The number of hydrogen-bond acceptors (Lipinski definition) is 1. The molecule has 0 heterocycles. The molecule has 1 N–H and O–H groups in total. The summed E-state index contributed by atoms with van der Waals surface area (Å²) in [5.41, 5.74) is 0.222. The molecule has 0 radical (unpaired) electrons. The number of alkyl halides is 1. The van der Waals surface area contributed by atoms with E-state index in [0.717, 1.165) is 13.0 Å². The molecule has 3 heteroatoms. The first-order valence-corrected chi connectivity index (χ1v) is 7.23. The van der Waals surface area contributed by atoms with Gasteiger partial charge in [0.1, 0.15) is 0 Å². The maximum atomic E-state index is 11.6. The maximum Gasteiger partial charge on any atom is 0.220 e. The summed E-state index contributed by atoms with van der Waals surface area (Å²) in [4.78, 5) is 11.6. The molecule has 1 amide bonds. The van der Waals surface area contributed by atoms with Gasteiger partial charge in [0.15, 0.2) is 0 Å². The van der Waals surface area contributed by atoms with Crippen LogP contribution in [-0.4, -0.2) is 16.9 Å². The maximum absolute atomic E-state index is 11.6. The zero-order valence-electron chi connectivity index (χ0n) is 10.4. The molecular weight excluding hydrogens is 301 g/mol. The Morgan fingerprint density at radius 1 is 1.33 bits per heavy atom. The first-order valence-electron chi connectivity index (χ1n) is 5.70. The number of halogens is 1. The summed E-state index contributed by atoms with van der Waals surface area (Å²) in [5.74, 6) is 0.632. The fourth-order valence-electron chi connectivity index (χ4n) is 1.10. The Morgan fingerprint density at radius 3 is 2.40 bits per heavy atom. The van der Waals surface area contributed by atoms with Crippen molar-refractivity contribution < 1.29 is 4.79 Å². The van der Waals surface area contributed by atoms with Crippen molar-refractivity contribution in [2.45, 2.75) is 47.0 Å². The van der Waals surface area contributed by atoms with Crippen molar-refractivity contribution in [2.75, 3.05) is 11.0 Å². The van der Waals surface area contributed by atoms with Crippen LogP contribution in [0.15, 0.2) is 0 Å². The monoisotopic (exact) mass is 325 g/mol. The van der Waals surface area contributed by atoms with Crippen molar-refractivity contribution >= 4 is 28.5 Å². The van der Waals surface area contributed by atoms with E-state index in [1.54, 1.807) is 0 Å². The summed E-state index contributed by atoms with van der Waals surface area (Å²) in [6.07, 6.45) is 2.93. The second kappa shape index (κ2) is 7.47. The third kappa shape index (κ3) is 8.05. The van der Waals surface area contributed by atoms with Gasteiger partial charge in [-0.1, -0.05) is 50.3 Å². The molecule has 0 aromatic rings.